The van der Waals surface area contributed by atoms with Crippen LogP contribution in [0.3, 0.4) is 0 Å². The van der Waals surface area contributed by atoms with Crippen LogP contribution in [0.15, 0.2) is 18.2 Å². The van der Waals surface area contributed by atoms with E-state index in [2.05, 4.69) is 26.1 Å². The maximum absolute atomic E-state index is 11.9. The first-order valence-electron chi connectivity index (χ1n) is 5.44. The molecule has 1 aromatic carbocycles. The maximum Gasteiger partial charge on any atom is 0.253 e. The predicted octanol–water partition coefficient (Wildman–Crippen LogP) is 2.35. The molecule has 3 heteroatoms. The summed E-state index contributed by atoms with van der Waals surface area (Å²) in [6, 6.07) is 5.49. The van der Waals surface area contributed by atoms with Gasteiger partial charge in [0.25, 0.3) is 5.91 Å². The van der Waals surface area contributed by atoms with Crippen molar-refractivity contribution in [3.63, 3.8) is 0 Å². The highest BCUT2D eigenvalue weighted by atomic mass is 16.1. The molecule has 0 aliphatic heterocycles. The lowest BCUT2D eigenvalue weighted by atomic mass is 9.96. The number of nitrogens with one attached hydrogen (secondary N) is 1. The van der Waals surface area contributed by atoms with Gasteiger partial charge in [0.1, 0.15) is 0 Å². The number of nitrogens with two attached hydrogens (primary N) is 1. The van der Waals surface area contributed by atoms with Gasteiger partial charge in [-0.05, 0) is 24.0 Å². The van der Waals surface area contributed by atoms with E-state index < -0.39 is 0 Å². The molecule has 1 amide bonds. The van der Waals surface area contributed by atoms with Crippen LogP contribution in [0.1, 0.15) is 36.7 Å². The van der Waals surface area contributed by atoms with Gasteiger partial charge in [-0.25, -0.2) is 0 Å². The largest absolute Gasteiger partial charge is 0.398 e. The van der Waals surface area contributed by atoms with Crippen molar-refractivity contribution in [2.45, 2.75) is 27.7 Å². The van der Waals surface area contributed by atoms with Gasteiger partial charge in [0, 0.05) is 12.2 Å². The van der Waals surface area contributed by atoms with E-state index in [4.69, 9.17) is 5.73 Å². The molecular weight excluding hydrogens is 200 g/mol. The second-order valence-corrected chi connectivity index (χ2v) is 5.28. The average molecular weight is 220 g/mol. The minimum Gasteiger partial charge on any atom is -0.398 e. The lowest BCUT2D eigenvalue weighted by molar-refractivity contribution is 0.0939. The van der Waals surface area contributed by atoms with Gasteiger partial charge in [-0.3, -0.25) is 4.79 Å². The van der Waals surface area contributed by atoms with Crippen molar-refractivity contribution in [3.8, 4) is 0 Å². The number of aryl methyl sites for hydroxylation is 1. The summed E-state index contributed by atoms with van der Waals surface area (Å²) in [5.74, 6) is -0.0921. The van der Waals surface area contributed by atoms with Gasteiger partial charge < -0.3 is 11.1 Å². The summed E-state index contributed by atoms with van der Waals surface area (Å²) in [6.45, 7) is 8.76. The van der Waals surface area contributed by atoms with Crippen LogP contribution in [0.4, 0.5) is 5.69 Å². The van der Waals surface area contributed by atoms with Gasteiger partial charge in [0.15, 0.2) is 0 Å². The molecule has 0 heterocycles. The molecule has 0 saturated carbocycles. The lowest BCUT2D eigenvalue weighted by Crippen LogP contribution is -2.33. The highest BCUT2D eigenvalue weighted by Gasteiger charge is 2.16. The lowest BCUT2D eigenvalue weighted by Gasteiger charge is -2.19. The van der Waals surface area contributed by atoms with Crippen molar-refractivity contribution in [1.82, 2.24) is 5.32 Å². The van der Waals surface area contributed by atoms with Crippen LogP contribution in [-0.2, 0) is 0 Å². The molecule has 16 heavy (non-hydrogen) atoms. The summed E-state index contributed by atoms with van der Waals surface area (Å²) in [7, 11) is 0. The summed E-state index contributed by atoms with van der Waals surface area (Å²) in [6.07, 6.45) is 0. The van der Waals surface area contributed by atoms with Crippen molar-refractivity contribution in [2.75, 3.05) is 12.3 Å². The van der Waals surface area contributed by atoms with Gasteiger partial charge >= 0.3 is 0 Å². The van der Waals surface area contributed by atoms with Crippen LogP contribution in [0, 0.1) is 12.3 Å². The molecule has 0 saturated heterocycles. The number of carbonyl (C=O) groups excluding carboxylic acids is 1. The van der Waals surface area contributed by atoms with Gasteiger partial charge in [0.05, 0.1) is 5.56 Å². The number of hydrogen-bond donors (Lipinski definition) is 2. The standard InChI is InChI=1S/C13H20N2O/c1-9-6-5-7-10(14)11(9)12(16)15-8-13(2,3)4/h5-7H,8,14H2,1-4H3,(H,15,16). The molecule has 3 N–H and O–H groups in total. The fraction of sp³-hybridized carbons (Fsp3) is 0.462. The Hall–Kier alpha value is -1.51. The Bertz CT molecular complexity index is 371. The normalized spacial score (nSPS) is 11.2. The smallest absolute Gasteiger partial charge is 0.253 e. The molecule has 1 rings (SSSR count). The first-order valence-corrected chi connectivity index (χ1v) is 5.44. The first-order chi connectivity index (χ1) is 7.31. The minimum atomic E-state index is -0.0921. The third-order valence-corrected chi connectivity index (χ3v) is 2.31. The number of amides is 1. The van der Waals surface area contributed by atoms with E-state index in [0.717, 1.165) is 5.56 Å². The molecule has 1 aromatic rings. The van der Waals surface area contributed by atoms with E-state index in [1.165, 1.54) is 0 Å². The van der Waals surface area contributed by atoms with Crippen LogP contribution >= 0.6 is 0 Å². The Balaban J connectivity index is 2.81. The summed E-state index contributed by atoms with van der Waals surface area (Å²) in [5, 5.41) is 2.90. The van der Waals surface area contributed by atoms with Gasteiger partial charge in [-0.15, -0.1) is 0 Å². The molecule has 88 valence electrons. The Morgan fingerprint density at radius 3 is 2.50 bits per heavy atom. The molecule has 0 bridgehead atoms. The SMILES string of the molecule is Cc1cccc(N)c1C(=O)NCC(C)(C)C. The van der Waals surface area contributed by atoms with E-state index in [-0.39, 0.29) is 11.3 Å². The number of anilines is 1. The zero-order valence-corrected chi connectivity index (χ0v) is 10.4. The van der Waals surface area contributed by atoms with E-state index >= 15 is 0 Å². The molecule has 0 radical (unpaired) electrons. The van der Waals surface area contributed by atoms with Crippen LogP contribution in [0.25, 0.3) is 0 Å². The topological polar surface area (TPSA) is 55.1 Å². The number of nitrogen functional groups attached to an aromatic ring is 1. The zero-order valence-electron chi connectivity index (χ0n) is 10.4. The van der Waals surface area contributed by atoms with Gasteiger partial charge in [0.2, 0.25) is 0 Å². The highest BCUT2D eigenvalue weighted by Crippen LogP contribution is 2.17. The molecule has 0 unspecified atom stereocenters. The Morgan fingerprint density at radius 2 is 2.00 bits per heavy atom. The van der Waals surface area contributed by atoms with E-state index in [9.17, 15) is 4.79 Å². The van der Waals surface area contributed by atoms with Crippen LogP contribution in [-0.4, -0.2) is 12.5 Å². The summed E-state index contributed by atoms with van der Waals surface area (Å²) in [4.78, 5) is 11.9. The monoisotopic (exact) mass is 220 g/mol. The van der Waals surface area contributed by atoms with E-state index in [1.807, 2.05) is 19.1 Å². The number of benzene rings is 1. The second kappa shape index (κ2) is 4.56. The Morgan fingerprint density at radius 1 is 1.38 bits per heavy atom. The molecule has 0 spiro atoms. The van der Waals surface area contributed by atoms with Crippen LogP contribution < -0.4 is 11.1 Å². The quantitative estimate of drug-likeness (QED) is 0.752. The summed E-state index contributed by atoms with van der Waals surface area (Å²) in [5.41, 5.74) is 7.91. The minimum absolute atomic E-state index is 0.0765. The summed E-state index contributed by atoms with van der Waals surface area (Å²) >= 11 is 0. The van der Waals surface area contributed by atoms with Crippen molar-refractivity contribution in [2.24, 2.45) is 5.41 Å². The molecule has 0 atom stereocenters. The summed E-state index contributed by atoms with van der Waals surface area (Å²) < 4.78 is 0. The van der Waals surface area contributed by atoms with Gasteiger partial charge in [-0.2, -0.15) is 0 Å². The number of hydrogen-bond acceptors (Lipinski definition) is 2. The molecule has 0 aliphatic carbocycles. The van der Waals surface area contributed by atoms with Crippen LogP contribution in [0.5, 0.6) is 0 Å². The molecule has 3 nitrogen and oxygen atoms in total. The maximum atomic E-state index is 11.9. The van der Waals surface area contributed by atoms with Gasteiger partial charge in [-0.1, -0.05) is 32.9 Å². The van der Waals surface area contributed by atoms with E-state index in [0.29, 0.717) is 17.8 Å². The first kappa shape index (κ1) is 12.6. The zero-order chi connectivity index (χ0) is 12.3. The molecule has 0 fully saturated rings. The van der Waals surface area contributed by atoms with Crippen molar-refractivity contribution in [3.05, 3.63) is 29.3 Å². The second-order valence-electron chi connectivity index (χ2n) is 5.28. The molecule has 0 aromatic heterocycles. The fourth-order valence-corrected chi connectivity index (χ4v) is 1.43. The highest BCUT2D eigenvalue weighted by molar-refractivity contribution is 6.00. The van der Waals surface area contributed by atoms with E-state index in [1.54, 1.807) is 6.07 Å². The Kier molecular flexibility index (Phi) is 3.58. The number of carbonyl (C=O) groups is 1. The third-order valence-electron chi connectivity index (χ3n) is 2.31. The third kappa shape index (κ3) is 3.26. The van der Waals surface area contributed by atoms with Crippen molar-refractivity contribution >= 4 is 11.6 Å². The Labute approximate surface area is 97.0 Å². The molecule has 0 aliphatic rings. The van der Waals surface area contributed by atoms with Crippen molar-refractivity contribution < 1.29 is 4.79 Å². The average Bonchev–Trinajstić information content (AvgIpc) is 2.13. The van der Waals surface area contributed by atoms with Crippen LogP contribution in [0.2, 0.25) is 0 Å². The molecular formula is C13H20N2O. The fourth-order valence-electron chi connectivity index (χ4n) is 1.43. The number of rotatable bonds is 2. The van der Waals surface area contributed by atoms with Crippen molar-refractivity contribution in [1.29, 1.82) is 0 Å². The predicted molar refractivity (Wildman–Crippen MR) is 67.4 cm³/mol.